The quantitative estimate of drug-likeness (QED) is 0.915. The maximum atomic E-state index is 12.5. The maximum Gasteiger partial charge on any atom is 0.272 e. The third-order valence-corrected chi connectivity index (χ3v) is 3.51. The highest BCUT2D eigenvalue weighted by Crippen LogP contribution is 2.25. The van der Waals surface area contributed by atoms with E-state index in [0.29, 0.717) is 36.9 Å². The molecule has 1 saturated heterocycles. The first kappa shape index (κ1) is 14.4. The Morgan fingerprint density at radius 2 is 2.14 bits per heavy atom. The van der Waals surface area contributed by atoms with Gasteiger partial charge in [-0.2, -0.15) is 0 Å². The Kier molecular flexibility index (Phi) is 4.24. The molecule has 0 aliphatic carbocycles. The maximum absolute atomic E-state index is 12.5. The summed E-state index contributed by atoms with van der Waals surface area (Å²) in [6.07, 6.45) is 4.57. The molecule has 0 bridgehead atoms. The molecule has 0 radical (unpaired) electrons. The molecule has 0 spiro atoms. The van der Waals surface area contributed by atoms with Crippen LogP contribution in [0, 0.1) is 0 Å². The van der Waals surface area contributed by atoms with Crippen molar-refractivity contribution in [3.8, 4) is 0 Å². The van der Waals surface area contributed by atoms with E-state index in [2.05, 4.69) is 20.3 Å². The minimum atomic E-state index is -0.294. The molecule has 2 aromatic heterocycles. The highest BCUT2D eigenvalue weighted by atomic mass is 16.5. The monoisotopic (exact) mass is 299 g/mol. The van der Waals surface area contributed by atoms with Crippen LogP contribution in [0.25, 0.3) is 0 Å². The molecule has 1 amide bonds. The van der Waals surface area contributed by atoms with Gasteiger partial charge in [0, 0.05) is 32.2 Å². The highest BCUT2D eigenvalue weighted by Gasteiger charge is 2.29. The normalized spacial score (nSPS) is 18.0. The zero-order valence-electron chi connectivity index (χ0n) is 12.3. The number of carbonyl (C=O) groups excluding carboxylic acids is 1. The lowest BCUT2D eigenvalue weighted by molar-refractivity contribution is -0.0247. The smallest absolute Gasteiger partial charge is 0.272 e. The van der Waals surface area contributed by atoms with Gasteiger partial charge in [-0.1, -0.05) is 6.07 Å². The summed E-state index contributed by atoms with van der Waals surface area (Å²) in [7, 11) is 1.78. The van der Waals surface area contributed by atoms with Crippen LogP contribution in [-0.4, -0.2) is 52.5 Å². The van der Waals surface area contributed by atoms with E-state index >= 15 is 0 Å². The lowest BCUT2D eigenvalue weighted by atomic mass is 10.2. The van der Waals surface area contributed by atoms with Gasteiger partial charge in [0.25, 0.3) is 5.91 Å². The fourth-order valence-corrected chi connectivity index (χ4v) is 2.43. The van der Waals surface area contributed by atoms with Crippen LogP contribution in [0.2, 0.25) is 0 Å². The molecule has 1 N–H and O–H groups in total. The molecular formula is C15H17N5O2. The number of ether oxygens (including phenoxy) is 1. The zero-order valence-corrected chi connectivity index (χ0v) is 12.3. The number of amides is 1. The van der Waals surface area contributed by atoms with E-state index in [1.807, 2.05) is 0 Å². The Morgan fingerprint density at radius 1 is 1.27 bits per heavy atom. The summed E-state index contributed by atoms with van der Waals surface area (Å²) in [5.74, 6) is 0.573. The number of rotatable bonds is 3. The van der Waals surface area contributed by atoms with E-state index in [9.17, 15) is 4.79 Å². The second-order valence-electron chi connectivity index (χ2n) is 4.87. The fourth-order valence-electron chi connectivity index (χ4n) is 2.43. The molecule has 22 heavy (non-hydrogen) atoms. The molecule has 7 nitrogen and oxygen atoms in total. The molecule has 3 rings (SSSR count). The van der Waals surface area contributed by atoms with Crippen molar-refractivity contribution in [3.05, 3.63) is 48.2 Å². The van der Waals surface area contributed by atoms with Gasteiger partial charge >= 0.3 is 0 Å². The highest BCUT2D eigenvalue weighted by molar-refractivity contribution is 5.92. The summed E-state index contributed by atoms with van der Waals surface area (Å²) in [6.45, 7) is 1.44. The van der Waals surface area contributed by atoms with Gasteiger partial charge in [0.05, 0.1) is 13.2 Å². The lowest BCUT2D eigenvalue weighted by Crippen LogP contribution is -2.42. The van der Waals surface area contributed by atoms with Crippen molar-refractivity contribution in [2.75, 3.05) is 32.1 Å². The molecule has 1 atom stereocenters. The minimum Gasteiger partial charge on any atom is -0.372 e. The summed E-state index contributed by atoms with van der Waals surface area (Å²) < 4.78 is 5.77. The van der Waals surface area contributed by atoms with Crippen LogP contribution in [0.4, 0.5) is 5.82 Å². The molecule has 7 heteroatoms. The van der Waals surface area contributed by atoms with E-state index in [-0.39, 0.29) is 12.0 Å². The van der Waals surface area contributed by atoms with Crippen molar-refractivity contribution in [1.29, 1.82) is 0 Å². The summed E-state index contributed by atoms with van der Waals surface area (Å²) >= 11 is 0. The number of nitrogens with zero attached hydrogens (tertiary/aromatic N) is 4. The number of hydrogen-bond acceptors (Lipinski definition) is 6. The summed E-state index contributed by atoms with van der Waals surface area (Å²) in [5.41, 5.74) is 1.15. The van der Waals surface area contributed by atoms with Crippen LogP contribution in [-0.2, 0) is 4.74 Å². The number of anilines is 1. The van der Waals surface area contributed by atoms with Crippen molar-refractivity contribution < 1.29 is 9.53 Å². The Balaban J connectivity index is 1.78. The van der Waals surface area contributed by atoms with Crippen LogP contribution in [0.3, 0.4) is 0 Å². The standard InChI is InChI=1S/C15H17N5O2/c1-16-14-13(18-6-7-19-14)12-10-20(8-9-22-12)15(21)11-4-2-3-5-17-11/h2-7,12H,8-10H2,1H3,(H,16,19)/t12-/m1/s1. The number of morpholine rings is 1. The number of pyridine rings is 1. The second-order valence-corrected chi connectivity index (χ2v) is 4.87. The Morgan fingerprint density at radius 3 is 2.91 bits per heavy atom. The summed E-state index contributed by atoms with van der Waals surface area (Å²) in [6, 6.07) is 5.31. The van der Waals surface area contributed by atoms with Crippen molar-refractivity contribution >= 4 is 11.7 Å². The first-order valence-corrected chi connectivity index (χ1v) is 7.10. The van der Waals surface area contributed by atoms with Crippen LogP contribution in [0.5, 0.6) is 0 Å². The first-order chi connectivity index (χ1) is 10.8. The predicted molar refractivity (Wildman–Crippen MR) is 80.4 cm³/mol. The van der Waals surface area contributed by atoms with Gasteiger partial charge in [0.1, 0.15) is 23.3 Å². The fraction of sp³-hybridized carbons (Fsp3) is 0.333. The number of nitrogens with one attached hydrogen (secondary N) is 1. The van der Waals surface area contributed by atoms with Gasteiger partial charge in [0.2, 0.25) is 0 Å². The molecule has 1 fully saturated rings. The van der Waals surface area contributed by atoms with E-state index < -0.39 is 0 Å². The molecule has 1 aliphatic heterocycles. The van der Waals surface area contributed by atoms with E-state index in [4.69, 9.17) is 4.74 Å². The minimum absolute atomic E-state index is 0.0937. The van der Waals surface area contributed by atoms with Crippen LogP contribution in [0.15, 0.2) is 36.8 Å². The summed E-state index contributed by atoms with van der Waals surface area (Å²) in [4.78, 5) is 26.9. The van der Waals surface area contributed by atoms with Gasteiger partial charge < -0.3 is 15.0 Å². The molecular weight excluding hydrogens is 282 g/mol. The summed E-state index contributed by atoms with van der Waals surface area (Å²) in [5, 5.41) is 3.00. The molecule has 1 aliphatic rings. The Hall–Kier alpha value is -2.54. The molecule has 114 valence electrons. The molecule has 2 aromatic rings. The Labute approximate surface area is 128 Å². The first-order valence-electron chi connectivity index (χ1n) is 7.10. The van der Waals surface area contributed by atoms with Gasteiger partial charge in [-0.05, 0) is 12.1 Å². The lowest BCUT2D eigenvalue weighted by Gasteiger charge is -2.32. The topological polar surface area (TPSA) is 80.2 Å². The van der Waals surface area contributed by atoms with Crippen molar-refractivity contribution in [2.24, 2.45) is 0 Å². The molecule has 3 heterocycles. The van der Waals surface area contributed by atoms with E-state index in [1.165, 1.54) is 0 Å². The predicted octanol–water partition coefficient (Wildman–Crippen LogP) is 1.13. The van der Waals surface area contributed by atoms with Gasteiger partial charge in [-0.3, -0.25) is 14.8 Å². The third-order valence-electron chi connectivity index (χ3n) is 3.51. The van der Waals surface area contributed by atoms with E-state index in [0.717, 1.165) is 0 Å². The number of carbonyl (C=O) groups is 1. The molecule has 0 aromatic carbocycles. The van der Waals surface area contributed by atoms with Crippen molar-refractivity contribution in [2.45, 2.75) is 6.10 Å². The van der Waals surface area contributed by atoms with Gasteiger partial charge in [-0.25, -0.2) is 4.98 Å². The third kappa shape index (κ3) is 2.89. The SMILES string of the molecule is CNc1nccnc1[C@H]1CN(C(=O)c2ccccn2)CCO1. The molecule has 0 unspecified atom stereocenters. The van der Waals surface area contributed by atoms with Gasteiger partial charge in [-0.15, -0.1) is 0 Å². The Bertz CT molecular complexity index is 649. The van der Waals surface area contributed by atoms with Crippen molar-refractivity contribution in [3.63, 3.8) is 0 Å². The van der Waals surface area contributed by atoms with Crippen LogP contribution in [0.1, 0.15) is 22.3 Å². The van der Waals surface area contributed by atoms with Crippen LogP contribution >= 0.6 is 0 Å². The van der Waals surface area contributed by atoms with Crippen molar-refractivity contribution in [1.82, 2.24) is 19.9 Å². The number of aromatic nitrogens is 3. The largest absolute Gasteiger partial charge is 0.372 e. The average molecular weight is 299 g/mol. The number of hydrogen-bond donors (Lipinski definition) is 1. The molecule has 0 saturated carbocycles. The second kappa shape index (κ2) is 6.48. The average Bonchev–Trinajstić information content (AvgIpc) is 2.62. The zero-order chi connectivity index (χ0) is 15.4. The van der Waals surface area contributed by atoms with Gasteiger partial charge in [0.15, 0.2) is 0 Å². The van der Waals surface area contributed by atoms with E-state index in [1.54, 1.807) is 48.7 Å². The van der Waals surface area contributed by atoms with Crippen LogP contribution < -0.4 is 5.32 Å².